The van der Waals surface area contributed by atoms with Crippen LogP contribution < -0.4 is 0 Å². The van der Waals surface area contributed by atoms with E-state index >= 15 is 0 Å². The molecular weight excluding hydrogens is 319 g/mol. The molecule has 1 aliphatic carbocycles. The zero-order valence-corrected chi connectivity index (χ0v) is 12.9. The molecule has 1 nitrogen and oxygen atoms in total. The maximum atomic E-state index is 14.2. The summed E-state index contributed by atoms with van der Waals surface area (Å²) in [7, 11) is 0. The topological polar surface area (TPSA) is 20.2 Å². The van der Waals surface area contributed by atoms with Crippen LogP contribution in [-0.4, -0.2) is 5.11 Å². The average Bonchev–Trinajstić information content (AvgIpc) is 2.31. The van der Waals surface area contributed by atoms with Crippen LogP contribution in [-0.2, 0) is 5.60 Å². The fourth-order valence-electron chi connectivity index (χ4n) is 2.49. The molecule has 2 rings (SSSR count). The number of halogens is 3. The second-order valence-electron chi connectivity index (χ2n) is 5.92. The molecule has 1 saturated carbocycles. The lowest BCUT2D eigenvalue weighted by atomic mass is 9.69. The van der Waals surface area contributed by atoms with Crippen LogP contribution in [0.15, 0.2) is 16.6 Å². The largest absolute Gasteiger partial charge is 0.385 e. The quantitative estimate of drug-likeness (QED) is 0.714. The Morgan fingerprint density at radius 1 is 1.22 bits per heavy atom. The molecule has 0 spiro atoms. The second kappa shape index (κ2) is 4.77. The third-order valence-corrected chi connectivity index (χ3v) is 5.23. The first kappa shape index (κ1) is 14.3. The number of hydrogen-bond donors (Lipinski definition) is 1. The van der Waals surface area contributed by atoms with Gasteiger partial charge in [0.1, 0.15) is 5.82 Å². The monoisotopic (exact) mass is 334 g/mol. The summed E-state index contributed by atoms with van der Waals surface area (Å²) in [6, 6.07) is 3.32. The highest BCUT2D eigenvalue weighted by Gasteiger charge is 2.40. The van der Waals surface area contributed by atoms with E-state index in [-0.39, 0.29) is 10.4 Å². The Hall–Kier alpha value is -0.120. The molecule has 0 unspecified atom stereocenters. The van der Waals surface area contributed by atoms with Gasteiger partial charge in [0.25, 0.3) is 0 Å². The Bertz CT molecular complexity index is 463. The lowest BCUT2D eigenvalue weighted by Gasteiger charge is -2.40. The van der Waals surface area contributed by atoms with Crippen molar-refractivity contribution in [2.45, 2.75) is 45.1 Å². The Morgan fingerprint density at radius 3 is 2.33 bits per heavy atom. The highest BCUT2D eigenvalue weighted by Crippen LogP contribution is 2.46. The molecule has 0 saturated heterocycles. The zero-order chi connectivity index (χ0) is 13.6. The van der Waals surface area contributed by atoms with Crippen LogP contribution in [0.3, 0.4) is 0 Å². The van der Waals surface area contributed by atoms with Crippen molar-refractivity contribution in [3.63, 3.8) is 0 Å². The molecule has 4 heteroatoms. The van der Waals surface area contributed by atoms with Crippen molar-refractivity contribution in [1.82, 2.24) is 0 Å². The average molecular weight is 336 g/mol. The van der Waals surface area contributed by atoms with E-state index in [2.05, 4.69) is 29.8 Å². The minimum Gasteiger partial charge on any atom is -0.385 e. The Kier molecular flexibility index (Phi) is 3.79. The first-order valence-electron chi connectivity index (χ1n) is 6.12. The van der Waals surface area contributed by atoms with E-state index in [1.54, 1.807) is 12.1 Å². The van der Waals surface area contributed by atoms with Gasteiger partial charge in [-0.1, -0.05) is 31.5 Å². The van der Waals surface area contributed by atoms with Gasteiger partial charge in [-0.15, -0.1) is 0 Å². The van der Waals surface area contributed by atoms with Crippen LogP contribution in [0.25, 0.3) is 0 Å². The van der Waals surface area contributed by atoms with E-state index in [1.165, 1.54) is 0 Å². The summed E-state index contributed by atoms with van der Waals surface area (Å²) in [6.45, 7) is 4.36. The Labute approximate surface area is 120 Å². The molecule has 0 aliphatic heterocycles. The van der Waals surface area contributed by atoms with Gasteiger partial charge in [0.15, 0.2) is 0 Å². The predicted octanol–water partition coefficient (Wildman–Crippen LogP) is 5.03. The van der Waals surface area contributed by atoms with Gasteiger partial charge >= 0.3 is 0 Å². The summed E-state index contributed by atoms with van der Waals surface area (Å²) in [4.78, 5) is 0. The normalized spacial score (nSPS) is 21.9. The van der Waals surface area contributed by atoms with Gasteiger partial charge < -0.3 is 5.11 Å². The van der Waals surface area contributed by atoms with E-state index in [0.717, 1.165) is 12.8 Å². The molecule has 1 N–H and O–H groups in total. The molecule has 1 fully saturated rings. The first-order valence-corrected chi connectivity index (χ1v) is 7.29. The van der Waals surface area contributed by atoms with Crippen molar-refractivity contribution in [2.75, 3.05) is 0 Å². The molecule has 1 aromatic carbocycles. The lowest BCUT2D eigenvalue weighted by molar-refractivity contribution is -0.0331. The number of hydrogen-bond acceptors (Lipinski definition) is 1. The van der Waals surface area contributed by atoms with Crippen LogP contribution >= 0.6 is 27.5 Å². The molecule has 18 heavy (non-hydrogen) atoms. The minimum atomic E-state index is -1.08. The summed E-state index contributed by atoms with van der Waals surface area (Å²) in [5.74, 6) is -0.506. The molecule has 0 atom stereocenters. The second-order valence-corrected chi connectivity index (χ2v) is 7.15. The summed E-state index contributed by atoms with van der Waals surface area (Å²) in [5.41, 5.74) is -0.530. The smallest absolute Gasteiger partial charge is 0.149 e. The Morgan fingerprint density at radius 2 is 1.78 bits per heavy atom. The Balaban J connectivity index is 2.35. The lowest BCUT2D eigenvalue weighted by Crippen LogP contribution is -2.35. The third kappa shape index (κ3) is 2.59. The van der Waals surface area contributed by atoms with Crippen molar-refractivity contribution in [3.8, 4) is 0 Å². The van der Waals surface area contributed by atoms with Crippen molar-refractivity contribution >= 4 is 27.5 Å². The molecule has 1 aromatic rings. The number of rotatable bonds is 1. The van der Waals surface area contributed by atoms with Gasteiger partial charge in [-0.2, -0.15) is 0 Å². The fraction of sp³-hybridized carbons (Fsp3) is 0.571. The van der Waals surface area contributed by atoms with E-state index in [9.17, 15) is 9.50 Å². The molecule has 1 aliphatic rings. The van der Waals surface area contributed by atoms with Gasteiger partial charge in [0.05, 0.1) is 10.6 Å². The summed E-state index contributed by atoms with van der Waals surface area (Å²) in [5, 5.41) is 10.7. The molecule has 100 valence electrons. The van der Waals surface area contributed by atoms with Crippen molar-refractivity contribution < 1.29 is 9.50 Å². The molecule has 0 heterocycles. The van der Waals surface area contributed by atoms with E-state index in [0.29, 0.717) is 22.9 Å². The van der Waals surface area contributed by atoms with Crippen LogP contribution in [0.2, 0.25) is 5.02 Å². The van der Waals surface area contributed by atoms with Gasteiger partial charge in [-0.3, -0.25) is 0 Å². The van der Waals surface area contributed by atoms with Crippen LogP contribution in [0.1, 0.15) is 45.1 Å². The van der Waals surface area contributed by atoms with Crippen LogP contribution in [0.5, 0.6) is 0 Å². The van der Waals surface area contributed by atoms with Gasteiger partial charge in [-0.05, 0) is 53.1 Å². The molecule has 0 aromatic heterocycles. The van der Waals surface area contributed by atoms with Gasteiger partial charge in [0, 0.05) is 10.0 Å². The predicted molar refractivity (Wildman–Crippen MR) is 75.3 cm³/mol. The standard InChI is InChI=1S/C14H17BrClFO/c1-13(2)5-7-14(18,8-6-13)9-3-4-10(15)11(16)12(9)17/h3-4,18H,5-8H2,1-2H3. The maximum Gasteiger partial charge on any atom is 0.149 e. The molecule has 0 amide bonds. The molecule has 0 bridgehead atoms. The van der Waals surface area contributed by atoms with E-state index in [4.69, 9.17) is 11.6 Å². The summed E-state index contributed by atoms with van der Waals surface area (Å²) >= 11 is 9.07. The highest BCUT2D eigenvalue weighted by molar-refractivity contribution is 9.10. The molecular formula is C14H17BrClFO. The number of benzene rings is 1. The fourth-order valence-corrected chi connectivity index (χ4v) is 2.97. The van der Waals surface area contributed by atoms with Crippen molar-refractivity contribution in [1.29, 1.82) is 0 Å². The van der Waals surface area contributed by atoms with Crippen LogP contribution in [0, 0.1) is 11.2 Å². The van der Waals surface area contributed by atoms with Crippen molar-refractivity contribution in [2.24, 2.45) is 5.41 Å². The van der Waals surface area contributed by atoms with E-state index < -0.39 is 11.4 Å². The summed E-state index contributed by atoms with van der Waals surface area (Å²) in [6.07, 6.45) is 2.93. The summed E-state index contributed by atoms with van der Waals surface area (Å²) < 4.78 is 14.7. The SMILES string of the molecule is CC1(C)CCC(O)(c2ccc(Br)c(Cl)c2F)CC1. The van der Waals surface area contributed by atoms with E-state index in [1.807, 2.05) is 0 Å². The van der Waals surface area contributed by atoms with Gasteiger partial charge in [0.2, 0.25) is 0 Å². The zero-order valence-electron chi connectivity index (χ0n) is 10.6. The maximum absolute atomic E-state index is 14.2. The highest BCUT2D eigenvalue weighted by atomic mass is 79.9. The molecule has 0 radical (unpaired) electrons. The minimum absolute atomic E-state index is 0.0470. The van der Waals surface area contributed by atoms with Crippen molar-refractivity contribution in [3.05, 3.63) is 33.0 Å². The third-order valence-electron chi connectivity index (χ3n) is 3.97. The number of aliphatic hydroxyl groups is 1. The van der Waals surface area contributed by atoms with Gasteiger partial charge in [-0.25, -0.2) is 4.39 Å². The van der Waals surface area contributed by atoms with Crippen LogP contribution in [0.4, 0.5) is 4.39 Å². The first-order chi connectivity index (χ1) is 8.25.